The molecule has 0 aliphatic carbocycles. The normalized spacial score (nSPS) is 17.9. The number of piperidine rings is 1. The predicted octanol–water partition coefficient (Wildman–Crippen LogP) is 1.32. The minimum atomic E-state index is -0.311. The summed E-state index contributed by atoms with van der Waals surface area (Å²) >= 11 is 0. The summed E-state index contributed by atoms with van der Waals surface area (Å²) in [5.74, 6) is -0.0754. The third-order valence-electron chi connectivity index (χ3n) is 3.97. The molecule has 1 atom stereocenters. The molecule has 0 spiro atoms. The summed E-state index contributed by atoms with van der Waals surface area (Å²) in [6.07, 6.45) is 6.26. The van der Waals surface area contributed by atoms with Gasteiger partial charge in [-0.15, -0.1) is 0 Å². The Labute approximate surface area is 131 Å². The van der Waals surface area contributed by atoms with E-state index in [9.17, 15) is 9.59 Å². The fraction of sp³-hybridized carbons (Fsp3) is 0.562. The second kappa shape index (κ2) is 7.77. The van der Waals surface area contributed by atoms with Crippen molar-refractivity contribution in [2.75, 3.05) is 25.0 Å². The van der Waals surface area contributed by atoms with Crippen molar-refractivity contribution >= 4 is 17.5 Å². The first-order chi connectivity index (χ1) is 10.6. The van der Waals surface area contributed by atoms with Crippen molar-refractivity contribution in [1.82, 2.24) is 15.2 Å². The van der Waals surface area contributed by atoms with Gasteiger partial charge in [-0.25, -0.2) is 0 Å². The van der Waals surface area contributed by atoms with E-state index < -0.39 is 0 Å². The molecule has 6 heteroatoms. The quantitative estimate of drug-likeness (QED) is 0.805. The number of carbonyl (C=O) groups excluding carboxylic acids is 2. The molecule has 1 aliphatic rings. The Bertz CT molecular complexity index is 533. The summed E-state index contributed by atoms with van der Waals surface area (Å²) in [4.78, 5) is 29.6. The summed E-state index contributed by atoms with van der Waals surface area (Å²) in [6, 6.07) is 1.60. The molecule has 1 aromatic heterocycles. The molecule has 2 rings (SSSR count). The highest BCUT2D eigenvalue weighted by Crippen LogP contribution is 2.17. The number of aromatic nitrogens is 1. The van der Waals surface area contributed by atoms with Crippen molar-refractivity contribution in [2.45, 2.75) is 39.2 Å². The minimum absolute atomic E-state index is 0.0228. The molecule has 2 heterocycles. The molecule has 1 aliphatic heterocycles. The van der Waals surface area contributed by atoms with Crippen molar-refractivity contribution in [3.05, 3.63) is 24.0 Å². The average Bonchev–Trinajstić information content (AvgIpc) is 2.52. The molecule has 6 nitrogen and oxygen atoms in total. The number of nitrogens with zero attached hydrogens (tertiary/aromatic N) is 2. The Hall–Kier alpha value is -2.11. The highest BCUT2D eigenvalue weighted by atomic mass is 16.2. The molecule has 120 valence electrons. The van der Waals surface area contributed by atoms with E-state index in [1.807, 2.05) is 13.0 Å². The molecule has 1 aromatic rings. The Morgan fingerprint density at radius 3 is 2.91 bits per heavy atom. The summed E-state index contributed by atoms with van der Waals surface area (Å²) in [6.45, 7) is 5.37. The van der Waals surface area contributed by atoms with Crippen LogP contribution in [0, 0.1) is 6.92 Å². The zero-order chi connectivity index (χ0) is 15.9. The molecule has 1 fully saturated rings. The van der Waals surface area contributed by atoms with Crippen molar-refractivity contribution < 1.29 is 9.59 Å². The van der Waals surface area contributed by atoms with E-state index in [2.05, 4.69) is 15.6 Å². The Morgan fingerprint density at radius 2 is 2.18 bits per heavy atom. The lowest BCUT2D eigenvalue weighted by Gasteiger charge is -2.33. The van der Waals surface area contributed by atoms with E-state index >= 15 is 0 Å². The lowest BCUT2D eigenvalue weighted by Crippen LogP contribution is -2.51. The molecule has 2 amide bonds. The fourth-order valence-electron chi connectivity index (χ4n) is 2.75. The van der Waals surface area contributed by atoms with Gasteiger partial charge in [0, 0.05) is 44.6 Å². The van der Waals surface area contributed by atoms with Gasteiger partial charge in [-0.05, 0) is 37.8 Å². The molecular weight excluding hydrogens is 280 g/mol. The predicted molar refractivity (Wildman–Crippen MR) is 85.5 cm³/mol. The van der Waals surface area contributed by atoms with Crippen molar-refractivity contribution in [2.24, 2.45) is 0 Å². The number of hydrogen-bond donors (Lipinski definition) is 2. The lowest BCUT2D eigenvalue weighted by molar-refractivity contribution is -0.140. The lowest BCUT2D eigenvalue weighted by atomic mass is 10.0. The van der Waals surface area contributed by atoms with Crippen LogP contribution in [-0.4, -0.2) is 47.4 Å². The van der Waals surface area contributed by atoms with Crippen LogP contribution < -0.4 is 10.6 Å². The van der Waals surface area contributed by atoms with Crippen LogP contribution in [0.4, 0.5) is 5.69 Å². The monoisotopic (exact) mass is 304 g/mol. The van der Waals surface area contributed by atoms with Gasteiger partial charge in [0.25, 0.3) is 0 Å². The number of pyridine rings is 1. The van der Waals surface area contributed by atoms with Crippen molar-refractivity contribution in [3.63, 3.8) is 0 Å². The van der Waals surface area contributed by atoms with Crippen LogP contribution in [0.3, 0.4) is 0 Å². The molecule has 2 N–H and O–H groups in total. The third-order valence-corrected chi connectivity index (χ3v) is 3.97. The van der Waals surface area contributed by atoms with Gasteiger partial charge in [-0.1, -0.05) is 0 Å². The topological polar surface area (TPSA) is 74.3 Å². The fourth-order valence-corrected chi connectivity index (χ4v) is 2.75. The number of hydrogen-bond acceptors (Lipinski definition) is 4. The van der Waals surface area contributed by atoms with Crippen LogP contribution in [0.25, 0.3) is 0 Å². The van der Waals surface area contributed by atoms with E-state index in [4.69, 9.17) is 0 Å². The maximum Gasteiger partial charge on any atom is 0.242 e. The van der Waals surface area contributed by atoms with Gasteiger partial charge in [-0.2, -0.15) is 0 Å². The average molecular weight is 304 g/mol. The van der Waals surface area contributed by atoms with Gasteiger partial charge in [0.1, 0.15) is 6.04 Å². The largest absolute Gasteiger partial charge is 0.383 e. The van der Waals surface area contributed by atoms with E-state index in [1.54, 1.807) is 17.3 Å². The first-order valence-electron chi connectivity index (χ1n) is 7.79. The molecule has 0 radical (unpaired) electrons. The van der Waals surface area contributed by atoms with E-state index in [1.165, 1.54) is 6.92 Å². The smallest absolute Gasteiger partial charge is 0.242 e. The van der Waals surface area contributed by atoms with Crippen LogP contribution in [0.5, 0.6) is 0 Å². The second-order valence-corrected chi connectivity index (χ2v) is 5.63. The number of anilines is 1. The molecule has 0 aromatic carbocycles. The SMILES string of the molecule is CC(=O)N1CCCC[C@@H]1C(=O)NCCNc1ccncc1C. The Kier molecular flexibility index (Phi) is 5.75. The summed E-state index contributed by atoms with van der Waals surface area (Å²) in [7, 11) is 0. The van der Waals surface area contributed by atoms with Gasteiger partial charge in [0.05, 0.1) is 0 Å². The molecular formula is C16H24N4O2. The summed E-state index contributed by atoms with van der Waals surface area (Å²) in [5.41, 5.74) is 2.09. The molecule has 22 heavy (non-hydrogen) atoms. The van der Waals surface area contributed by atoms with Crippen LogP contribution in [0.1, 0.15) is 31.7 Å². The molecule has 0 bridgehead atoms. The minimum Gasteiger partial charge on any atom is -0.383 e. The number of carbonyl (C=O) groups is 2. The molecule has 0 saturated carbocycles. The summed E-state index contributed by atoms with van der Waals surface area (Å²) in [5, 5.41) is 6.19. The van der Waals surface area contributed by atoms with Crippen LogP contribution >= 0.6 is 0 Å². The van der Waals surface area contributed by atoms with E-state index in [0.717, 1.165) is 30.5 Å². The standard InChI is InChI=1S/C16H24N4O2/c1-12-11-17-7-6-14(12)18-8-9-19-16(22)15-5-3-4-10-20(15)13(2)21/h6-7,11,15H,3-5,8-10H2,1-2H3,(H,17,18)(H,19,22)/t15-/m1/s1. The molecule has 1 saturated heterocycles. The first-order valence-corrected chi connectivity index (χ1v) is 7.79. The van der Waals surface area contributed by atoms with Gasteiger partial charge in [-0.3, -0.25) is 14.6 Å². The first kappa shape index (κ1) is 16.3. The van der Waals surface area contributed by atoms with Crippen LogP contribution in [-0.2, 0) is 9.59 Å². The molecule has 0 unspecified atom stereocenters. The van der Waals surface area contributed by atoms with E-state index in [-0.39, 0.29) is 17.9 Å². The maximum absolute atomic E-state index is 12.2. The maximum atomic E-state index is 12.2. The number of aryl methyl sites for hydroxylation is 1. The highest BCUT2D eigenvalue weighted by Gasteiger charge is 2.29. The van der Waals surface area contributed by atoms with Crippen LogP contribution in [0.2, 0.25) is 0 Å². The zero-order valence-corrected chi connectivity index (χ0v) is 13.3. The summed E-state index contributed by atoms with van der Waals surface area (Å²) < 4.78 is 0. The van der Waals surface area contributed by atoms with Gasteiger partial charge >= 0.3 is 0 Å². The zero-order valence-electron chi connectivity index (χ0n) is 13.3. The Morgan fingerprint density at radius 1 is 1.36 bits per heavy atom. The van der Waals surface area contributed by atoms with Crippen LogP contribution in [0.15, 0.2) is 18.5 Å². The van der Waals surface area contributed by atoms with Gasteiger partial charge < -0.3 is 15.5 Å². The van der Waals surface area contributed by atoms with Gasteiger partial charge in [0.2, 0.25) is 11.8 Å². The highest BCUT2D eigenvalue weighted by molar-refractivity contribution is 5.87. The number of amides is 2. The number of nitrogens with one attached hydrogen (secondary N) is 2. The third kappa shape index (κ3) is 4.19. The van der Waals surface area contributed by atoms with Crippen molar-refractivity contribution in [1.29, 1.82) is 0 Å². The second-order valence-electron chi connectivity index (χ2n) is 5.63. The number of rotatable bonds is 5. The Balaban J connectivity index is 1.77. The van der Waals surface area contributed by atoms with E-state index in [0.29, 0.717) is 19.6 Å². The van der Waals surface area contributed by atoms with Crippen molar-refractivity contribution in [3.8, 4) is 0 Å². The van der Waals surface area contributed by atoms with Gasteiger partial charge in [0.15, 0.2) is 0 Å². The number of likely N-dealkylation sites (tertiary alicyclic amines) is 1.